The molecule has 5 amide bonds. The van der Waals surface area contributed by atoms with Gasteiger partial charge in [-0.2, -0.15) is 0 Å². The summed E-state index contributed by atoms with van der Waals surface area (Å²) in [5, 5.41) is 7.71. The minimum Gasteiger partial charge on any atom is -0.363 e. The number of benzene rings is 1. The molecule has 4 atom stereocenters. The van der Waals surface area contributed by atoms with Crippen LogP contribution in [0.1, 0.15) is 64.2 Å². The zero-order valence-corrected chi connectivity index (χ0v) is 25.3. The second-order valence-corrected chi connectivity index (χ2v) is 12.3. The van der Waals surface area contributed by atoms with Crippen LogP contribution in [0.2, 0.25) is 0 Å². The quantitative estimate of drug-likeness (QED) is 0.187. The van der Waals surface area contributed by atoms with Gasteiger partial charge in [0.1, 0.15) is 12.1 Å². The van der Waals surface area contributed by atoms with Crippen molar-refractivity contribution in [3.63, 3.8) is 0 Å². The van der Waals surface area contributed by atoms with Crippen molar-refractivity contribution >= 4 is 35.3 Å². The van der Waals surface area contributed by atoms with Crippen molar-refractivity contribution in [2.75, 3.05) is 19.9 Å². The summed E-state index contributed by atoms with van der Waals surface area (Å²) in [5.41, 5.74) is 4.68. The molecule has 0 bridgehead atoms. The predicted molar refractivity (Wildman–Crippen MR) is 155 cm³/mol. The summed E-state index contributed by atoms with van der Waals surface area (Å²) in [6.07, 6.45) is 0.168. The van der Waals surface area contributed by atoms with E-state index in [1.165, 1.54) is 4.90 Å². The number of nitrogens with one attached hydrogen (secondary N) is 3. The van der Waals surface area contributed by atoms with Crippen molar-refractivity contribution in [1.82, 2.24) is 20.9 Å². The van der Waals surface area contributed by atoms with Gasteiger partial charge >= 0.3 is 6.03 Å². The number of hydrogen-bond acceptors (Lipinski definition) is 6. The van der Waals surface area contributed by atoms with Gasteiger partial charge in [-0.15, -0.1) is 0 Å². The second kappa shape index (κ2) is 15.5. The van der Waals surface area contributed by atoms with E-state index in [9.17, 15) is 37.5 Å². The first kappa shape index (κ1) is 35.3. The van der Waals surface area contributed by atoms with Crippen molar-refractivity contribution in [3.8, 4) is 0 Å². The van der Waals surface area contributed by atoms with Crippen LogP contribution in [0.3, 0.4) is 0 Å². The minimum absolute atomic E-state index is 0.167. The molecule has 238 valence electrons. The number of alkyl halides is 2. The number of primary amides is 1. The Morgan fingerprint density at radius 2 is 1.58 bits per heavy atom. The molecule has 13 heteroatoms. The fraction of sp³-hybridized carbons (Fsp3) is 0.600. The number of urea groups is 1. The summed E-state index contributed by atoms with van der Waals surface area (Å²) in [4.78, 5) is 78.4. The van der Waals surface area contributed by atoms with E-state index < -0.39 is 84.8 Å². The van der Waals surface area contributed by atoms with Crippen LogP contribution in [0.4, 0.5) is 13.6 Å². The lowest BCUT2D eigenvalue weighted by atomic mass is 9.85. The summed E-state index contributed by atoms with van der Waals surface area (Å²) < 4.78 is 26.3. The number of rotatable bonds is 14. The topological polar surface area (TPSA) is 168 Å². The van der Waals surface area contributed by atoms with E-state index in [1.807, 2.05) is 0 Å². The van der Waals surface area contributed by atoms with Crippen LogP contribution in [0.5, 0.6) is 0 Å². The SMILES string of the molecule is CC(C)C(NC(=O)NC(C(=O)N1CCCC1C(=O)NC(CC(CF)CF)C(=O)C(N)=O)C(C)(C)C)C(=O)c1ccccc1. The molecule has 11 nitrogen and oxygen atoms in total. The Kier molecular flexibility index (Phi) is 12.8. The summed E-state index contributed by atoms with van der Waals surface area (Å²) in [5.74, 6) is -5.71. The largest absolute Gasteiger partial charge is 0.363 e. The number of carbonyl (C=O) groups excluding carboxylic acids is 6. The van der Waals surface area contributed by atoms with Gasteiger partial charge in [-0.05, 0) is 30.6 Å². The Bertz CT molecular complexity index is 1170. The lowest BCUT2D eigenvalue weighted by molar-refractivity contribution is -0.143. The summed E-state index contributed by atoms with van der Waals surface area (Å²) in [6, 6.07) is 3.13. The van der Waals surface area contributed by atoms with E-state index in [2.05, 4.69) is 16.0 Å². The molecule has 4 unspecified atom stereocenters. The lowest BCUT2D eigenvalue weighted by Gasteiger charge is -2.36. The summed E-state index contributed by atoms with van der Waals surface area (Å²) in [6.45, 7) is 6.69. The van der Waals surface area contributed by atoms with Crippen molar-refractivity contribution in [2.45, 2.75) is 78.0 Å². The van der Waals surface area contributed by atoms with Crippen molar-refractivity contribution in [3.05, 3.63) is 35.9 Å². The van der Waals surface area contributed by atoms with E-state index in [-0.39, 0.29) is 24.7 Å². The molecule has 1 aromatic rings. The molecule has 1 aromatic carbocycles. The minimum atomic E-state index is -1.56. The van der Waals surface area contributed by atoms with E-state index in [1.54, 1.807) is 65.0 Å². The lowest BCUT2D eigenvalue weighted by Crippen LogP contribution is -2.61. The van der Waals surface area contributed by atoms with Crippen LogP contribution in [0.15, 0.2) is 30.3 Å². The number of carbonyl (C=O) groups is 6. The average Bonchev–Trinajstić information content (AvgIpc) is 3.45. The highest BCUT2D eigenvalue weighted by Crippen LogP contribution is 2.26. The van der Waals surface area contributed by atoms with E-state index >= 15 is 0 Å². The number of ketones is 2. The van der Waals surface area contributed by atoms with E-state index in [0.29, 0.717) is 12.0 Å². The monoisotopic (exact) mass is 607 g/mol. The first-order chi connectivity index (χ1) is 20.1. The molecular formula is C30H43F2N5O6. The number of halogens is 2. The van der Waals surface area contributed by atoms with E-state index in [0.717, 1.165) is 0 Å². The maximum Gasteiger partial charge on any atom is 0.316 e. The number of amides is 5. The van der Waals surface area contributed by atoms with Crippen molar-refractivity contribution in [1.29, 1.82) is 0 Å². The van der Waals surface area contributed by atoms with Gasteiger partial charge in [0.2, 0.25) is 17.6 Å². The maximum absolute atomic E-state index is 13.8. The molecule has 0 saturated carbocycles. The Morgan fingerprint density at radius 3 is 2.09 bits per heavy atom. The Labute approximate surface area is 250 Å². The van der Waals surface area contributed by atoms with Gasteiger partial charge in [0.25, 0.3) is 5.91 Å². The molecule has 1 fully saturated rings. The molecule has 0 spiro atoms. The third-order valence-corrected chi connectivity index (χ3v) is 7.40. The van der Waals surface area contributed by atoms with Crippen LogP contribution in [-0.2, 0) is 19.2 Å². The van der Waals surface area contributed by atoms with Crippen LogP contribution in [-0.4, -0.2) is 84.3 Å². The number of nitrogens with zero attached hydrogens (tertiary/aromatic N) is 1. The van der Waals surface area contributed by atoms with Crippen LogP contribution < -0.4 is 21.7 Å². The zero-order valence-electron chi connectivity index (χ0n) is 25.3. The fourth-order valence-corrected chi connectivity index (χ4v) is 4.92. The Balaban J connectivity index is 2.22. The van der Waals surface area contributed by atoms with Crippen LogP contribution >= 0.6 is 0 Å². The molecule has 2 rings (SSSR count). The third kappa shape index (κ3) is 9.55. The van der Waals surface area contributed by atoms with Crippen molar-refractivity contribution in [2.24, 2.45) is 23.0 Å². The average molecular weight is 608 g/mol. The predicted octanol–water partition coefficient (Wildman–Crippen LogP) is 2.08. The molecule has 0 aromatic heterocycles. The van der Waals surface area contributed by atoms with Gasteiger partial charge in [-0.25, -0.2) is 4.79 Å². The molecular weight excluding hydrogens is 564 g/mol. The summed E-state index contributed by atoms with van der Waals surface area (Å²) in [7, 11) is 0. The molecule has 0 radical (unpaired) electrons. The van der Waals surface area contributed by atoms with Gasteiger partial charge in [0.15, 0.2) is 5.78 Å². The van der Waals surface area contributed by atoms with Gasteiger partial charge in [-0.1, -0.05) is 65.0 Å². The molecule has 1 saturated heterocycles. The standard InChI is InChI=1S/C30H43F2N5O6/c1-17(2)22(23(38)19-10-7-6-8-11-19)35-29(43)36-25(30(3,4)5)28(42)37-13-9-12-21(37)27(41)34-20(24(39)26(33)40)14-18(15-31)16-32/h6-8,10-11,17-18,20-22,25H,9,12-16H2,1-5H3,(H2,33,40)(H,34,41)(H2,35,36,43). The number of nitrogens with two attached hydrogens (primary N) is 1. The zero-order chi connectivity index (χ0) is 32.5. The molecule has 43 heavy (non-hydrogen) atoms. The highest BCUT2D eigenvalue weighted by atomic mass is 19.1. The van der Waals surface area contributed by atoms with Gasteiger partial charge < -0.3 is 26.6 Å². The first-order valence-electron chi connectivity index (χ1n) is 14.3. The maximum atomic E-state index is 13.8. The molecule has 1 aliphatic rings. The van der Waals surface area contributed by atoms with Crippen LogP contribution in [0.25, 0.3) is 0 Å². The highest BCUT2D eigenvalue weighted by Gasteiger charge is 2.43. The van der Waals surface area contributed by atoms with Gasteiger partial charge in [0.05, 0.1) is 25.4 Å². The number of likely N-dealkylation sites (tertiary alicyclic amines) is 1. The fourth-order valence-electron chi connectivity index (χ4n) is 4.92. The van der Waals surface area contributed by atoms with E-state index in [4.69, 9.17) is 5.73 Å². The third-order valence-electron chi connectivity index (χ3n) is 7.40. The van der Waals surface area contributed by atoms with Gasteiger partial charge in [-0.3, -0.25) is 32.8 Å². The smallest absolute Gasteiger partial charge is 0.316 e. The molecule has 1 aliphatic heterocycles. The highest BCUT2D eigenvalue weighted by molar-refractivity contribution is 6.37. The summed E-state index contributed by atoms with van der Waals surface area (Å²) >= 11 is 0. The molecule has 0 aliphatic carbocycles. The number of Topliss-reactive ketones (excluding diaryl/α,β-unsaturated/α-hetero) is 2. The Morgan fingerprint density at radius 1 is 0.977 bits per heavy atom. The second-order valence-electron chi connectivity index (χ2n) is 12.3. The number of hydrogen-bond donors (Lipinski definition) is 4. The molecule has 1 heterocycles. The normalized spacial score (nSPS) is 17.2. The Hall–Kier alpha value is -3.90. The van der Waals surface area contributed by atoms with Crippen molar-refractivity contribution < 1.29 is 37.5 Å². The van der Waals surface area contributed by atoms with Crippen LogP contribution in [0, 0.1) is 17.3 Å². The first-order valence-corrected chi connectivity index (χ1v) is 14.3. The van der Waals surface area contributed by atoms with Gasteiger partial charge in [0, 0.05) is 18.0 Å². The molecule has 5 N–H and O–H groups in total.